The van der Waals surface area contributed by atoms with Crippen molar-refractivity contribution in [3.05, 3.63) is 35.6 Å². The van der Waals surface area contributed by atoms with Gasteiger partial charge in [0.15, 0.2) is 5.78 Å². The summed E-state index contributed by atoms with van der Waals surface area (Å²) in [5, 5.41) is 12.4. The zero-order chi connectivity index (χ0) is 14.4. The number of ketones is 1. The lowest BCUT2D eigenvalue weighted by Crippen LogP contribution is -1.96. The molecule has 0 amide bonds. The van der Waals surface area contributed by atoms with Crippen LogP contribution in [0.25, 0.3) is 21.7 Å². The van der Waals surface area contributed by atoms with Crippen LogP contribution >= 0.6 is 0 Å². The second kappa shape index (κ2) is 4.27. The minimum Gasteiger partial charge on any atom is -0.506 e. The third-order valence-electron chi connectivity index (χ3n) is 3.44. The quantitative estimate of drug-likeness (QED) is 0.719. The van der Waals surface area contributed by atoms with Crippen LogP contribution in [0.3, 0.4) is 0 Å². The van der Waals surface area contributed by atoms with Crippen molar-refractivity contribution in [2.75, 3.05) is 7.11 Å². The standard InChI is InChI=1S/C16H14O4/c1-8-7-11-13(9(2)17)15(18)14-10(16(11)20-8)5-4-6-12(14)19-3/h4-7,18H,1-3H3. The number of hydrogen-bond donors (Lipinski definition) is 1. The number of phenolic OH excluding ortho intramolecular Hbond substituents is 1. The lowest BCUT2D eigenvalue weighted by Gasteiger charge is -2.11. The van der Waals surface area contributed by atoms with Gasteiger partial charge in [0.25, 0.3) is 0 Å². The Balaban J connectivity index is 2.65. The second-order valence-electron chi connectivity index (χ2n) is 4.76. The van der Waals surface area contributed by atoms with Gasteiger partial charge in [0.1, 0.15) is 22.8 Å². The molecule has 0 fully saturated rings. The number of carbonyl (C=O) groups excluding carboxylic acids is 1. The molecular weight excluding hydrogens is 256 g/mol. The molecule has 1 N–H and O–H groups in total. The van der Waals surface area contributed by atoms with Crippen molar-refractivity contribution < 1.29 is 19.1 Å². The summed E-state index contributed by atoms with van der Waals surface area (Å²) < 4.78 is 11.0. The summed E-state index contributed by atoms with van der Waals surface area (Å²) in [6.45, 7) is 3.24. The first kappa shape index (κ1) is 12.5. The first-order valence-electron chi connectivity index (χ1n) is 6.27. The summed E-state index contributed by atoms with van der Waals surface area (Å²) >= 11 is 0. The molecule has 1 aromatic heterocycles. The second-order valence-corrected chi connectivity index (χ2v) is 4.76. The molecular formula is C16H14O4. The van der Waals surface area contributed by atoms with E-state index in [2.05, 4.69) is 0 Å². The fourth-order valence-corrected chi connectivity index (χ4v) is 2.64. The number of carbonyl (C=O) groups is 1. The maximum atomic E-state index is 11.9. The molecule has 2 aromatic carbocycles. The van der Waals surface area contributed by atoms with Crippen LogP contribution in [0.4, 0.5) is 0 Å². The van der Waals surface area contributed by atoms with E-state index in [4.69, 9.17) is 9.15 Å². The van der Waals surface area contributed by atoms with Gasteiger partial charge >= 0.3 is 0 Å². The van der Waals surface area contributed by atoms with Gasteiger partial charge in [0.05, 0.1) is 18.1 Å². The van der Waals surface area contributed by atoms with E-state index in [1.807, 2.05) is 19.1 Å². The van der Waals surface area contributed by atoms with E-state index < -0.39 is 0 Å². The van der Waals surface area contributed by atoms with Crippen LogP contribution in [0, 0.1) is 6.92 Å². The fourth-order valence-electron chi connectivity index (χ4n) is 2.64. The zero-order valence-corrected chi connectivity index (χ0v) is 11.5. The van der Waals surface area contributed by atoms with Crippen molar-refractivity contribution in [2.45, 2.75) is 13.8 Å². The number of rotatable bonds is 2. The molecule has 20 heavy (non-hydrogen) atoms. The molecule has 4 heteroatoms. The Bertz CT molecular complexity index is 843. The van der Waals surface area contributed by atoms with Crippen LogP contribution in [0.15, 0.2) is 28.7 Å². The van der Waals surface area contributed by atoms with Crippen molar-refractivity contribution in [1.29, 1.82) is 0 Å². The predicted molar refractivity (Wildman–Crippen MR) is 76.7 cm³/mol. The number of phenols is 1. The third kappa shape index (κ3) is 1.58. The van der Waals surface area contributed by atoms with Crippen molar-refractivity contribution in [2.24, 2.45) is 0 Å². The molecule has 0 spiro atoms. The zero-order valence-electron chi connectivity index (χ0n) is 11.5. The van der Waals surface area contributed by atoms with Crippen LogP contribution in [0.5, 0.6) is 11.5 Å². The highest BCUT2D eigenvalue weighted by molar-refractivity contribution is 6.20. The van der Waals surface area contributed by atoms with Crippen LogP contribution in [-0.4, -0.2) is 18.0 Å². The van der Waals surface area contributed by atoms with Gasteiger partial charge in [-0.2, -0.15) is 0 Å². The molecule has 0 bridgehead atoms. The number of Topliss-reactive ketones (excluding diaryl/α,β-unsaturated/α-hetero) is 1. The number of ether oxygens (including phenoxy) is 1. The van der Waals surface area contributed by atoms with Crippen LogP contribution < -0.4 is 4.74 Å². The number of hydrogen-bond acceptors (Lipinski definition) is 4. The first-order valence-corrected chi connectivity index (χ1v) is 6.27. The van der Waals surface area contributed by atoms with Crippen LogP contribution in [0.2, 0.25) is 0 Å². The van der Waals surface area contributed by atoms with Gasteiger partial charge in [-0.3, -0.25) is 4.79 Å². The largest absolute Gasteiger partial charge is 0.506 e. The van der Waals surface area contributed by atoms with E-state index in [9.17, 15) is 9.90 Å². The van der Waals surface area contributed by atoms with Gasteiger partial charge in [-0.05, 0) is 26.0 Å². The molecule has 3 rings (SSSR count). The van der Waals surface area contributed by atoms with E-state index in [-0.39, 0.29) is 17.1 Å². The monoisotopic (exact) mass is 270 g/mol. The Labute approximate surface area is 115 Å². The molecule has 0 saturated heterocycles. The molecule has 4 nitrogen and oxygen atoms in total. The first-order chi connectivity index (χ1) is 9.54. The SMILES string of the molecule is COc1cccc2c1c(O)c(C(C)=O)c1cc(C)oc12. The highest BCUT2D eigenvalue weighted by Crippen LogP contribution is 2.43. The van der Waals surface area contributed by atoms with Crippen LogP contribution in [0.1, 0.15) is 23.0 Å². The molecule has 0 radical (unpaired) electrons. The smallest absolute Gasteiger partial charge is 0.164 e. The molecule has 0 aliphatic heterocycles. The summed E-state index contributed by atoms with van der Waals surface area (Å²) in [6.07, 6.45) is 0. The van der Waals surface area contributed by atoms with Gasteiger partial charge in [-0.1, -0.05) is 12.1 Å². The molecule has 0 atom stereocenters. The fraction of sp³-hybridized carbons (Fsp3) is 0.188. The minimum absolute atomic E-state index is 0.0572. The molecule has 3 aromatic rings. The van der Waals surface area contributed by atoms with E-state index >= 15 is 0 Å². The highest BCUT2D eigenvalue weighted by Gasteiger charge is 2.21. The Morgan fingerprint density at radius 3 is 2.70 bits per heavy atom. The van der Waals surface area contributed by atoms with E-state index in [0.717, 1.165) is 5.39 Å². The lowest BCUT2D eigenvalue weighted by molar-refractivity contribution is 0.101. The van der Waals surface area contributed by atoms with Gasteiger partial charge in [-0.25, -0.2) is 0 Å². The molecule has 0 aliphatic carbocycles. The van der Waals surface area contributed by atoms with Gasteiger partial charge in [-0.15, -0.1) is 0 Å². The summed E-state index contributed by atoms with van der Waals surface area (Å²) in [5.41, 5.74) is 0.869. The number of fused-ring (bicyclic) bond motifs is 3. The van der Waals surface area contributed by atoms with Gasteiger partial charge < -0.3 is 14.3 Å². The van der Waals surface area contributed by atoms with Crippen molar-refractivity contribution >= 4 is 27.5 Å². The molecule has 0 unspecified atom stereocenters. The Kier molecular flexibility index (Phi) is 2.67. The number of aryl methyl sites for hydroxylation is 1. The summed E-state index contributed by atoms with van der Waals surface area (Å²) in [7, 11) is 1.53. The highest BCUT2D eigenvalue weighted by atomic mass is 16.5. The molecule has 102 valence electrons. The van der Waals surface area contributed by atoms with E-state index in [1.165, 1.54) is 14.0 Å². The summed E-state index contributed by atoms with van der Waals surface area (Å²) in [4.78, 5) is 11.9. The maximum Gasteiger partial charge on any atom is 0.164 e. The lowest BCUT2D eigenvalue weighted by atomic mass is 9.98. The molecule has 0 saturated carbocycles. The maximum absolute atomic E-state index is 11.9. The topological polar surface area (TPSA) is 59.7 Å². The number of methoxy groups -OCH3 is 1. The van der Waals surface area contributed by atoms with Crippen molar-refractivity contribution in [1.82, 2.24) is 0 Å². The Morgan fingerprint density at radius 2 is 2.05 bits per heavy atom. The van der Waals surface area contributed by atoms with Crippen molar-refractivity contribution in [3.63, 3.8) is 0 Å². The molecule has 1 heterocycles. The minimum atomic E-state index is -0.207. The Hall–Kier alpha value is -2.49. The van der Waals surface area contributed by atoms with Crippen LogP contribution in [-0.2, 0) is 0 Å². The normalized spacial score (nSPS) is 11.2. The summed E-state index contributed by atoms with van der Waals surface area (Å²) in [5.74, 6) is 0.940. The average molecular weight is 270 g/mol. The van der Waals surface area contributed by atoms with E-state index in [0.29, 0.717) is 27.9 Å². The van der Waals surface area contributed by atoms with Gasteiger partial charge in [0.2, 0.25) is 0 Å². The number of furan rings is 1. The average Bonchev–Trinajstić information content (AvgIpc) is 2.79. The number of benzene rings is 2. The van der Waals surface area contributed by atoms with Gasteiger partial charge in [0, 0.05) is 10.8 Å². The predicted octanol–water partition coefficient (Wildman–Crippen LogP) is 3.81. The van der Waals surface area contributed by atoms with E-state index in [1.54, 1.807) is 12.1 Å². The van der Waals surface area contributed by atoms with Crippen molar-refractivity contribution in [3.8, 4) is 11.5 Å². The molecule has 0 aliphatic rings. The summed E-state index contributed by atoms with van der Waals surface area (Å²) in [6, 6.07) is 7.18. The Morgan fingerprint density at radius 1 is 1.30 bits per heavy atom. The third-order valence-corrected chi connectivity index (χ3v) is 3.44. The number of aromatic hydroxyl groups is 1.